The second kappa shape index (κ2) is 7.58. The van der Waals surface area contributed by atoms with Crippen LogP contribution in [-0.4, -0.2) is 44.8 Å². The van der Waals surface area contributed by atoms with E-state index in [1.807, 2.05) is 13.8 Å². The highest BCUT2D eigenvalue weighted by Crippen LogP contribution is 2.40. The van der Waals surface area contributed by atoms with E-state index in [-0.39, 0.29) is 5.41 Å². The predicted octanol–water partition coefficient (Wildman–Crippen LogP) is 3.46. The van der Waals surface area contributed by atoms with Gasteiger partial charge in [-0.15, -0.1) is 0 Å². The third-order valence-electron chi connectivity index (χ3n) is 4.73. The first kappa shape index (κ1) is 18.1. The first-order chi connectivity index (χ1) is 10.6. The molecule has 0 aliphatic carbocycles. The van der Waals surface area contributed by atoms with Crippen molar-refractivity contribution in [2.75, 3.05) is 33.0 Å². The van der Waals surface area contributed by atoms with Gasteiger partial charge in [0.15, 0.2) is 5.79 Å². The normalized spacial score (nSPS) is 39.3. The van der Waals surface area contributed by atoms with Crippen molar-refractivity contribution in [3.8, 4) is 0 Å². The predicted molar refractivity (Wildman–Crippen MR) is 83.4 cm³/mol. The van der Waals surface area contributed by atoms with Gasteiger partial charge in [-0.3, -0.25) is 0 Å². The Kier molecular flexibility index (Phi) is 6.25. The molecule has 0 unspecified atom stereocenters. The van der Waals surface area contributed by atoms with E-state index in [9.17, 15) is 0 Å². The van der Waals surface area contributed by atoms with Crippen molar-refractivity contribution in [3.05, 3.63) is 0 Å². The summed E-state index contributed by atoms with van der Waals surface area (Å²) in [5, 5.41) is 0. The Morgan fingerprint density at radius 3 is 1.86 bits per heavy atom. The SMILES string of the molecule is CCCCC1(CC)OCC2(CO1)COC(CC)(OCC)OC2. The van der Waals surface area contributed by atoms with Crippen LogP contribution in [0.25, 0.3) is 0 Å². The first-order valence-corrected chi connectivity index (χ1v) is 8.77. The zero-order valence-corrected chi connectivity index (χ0v) is 14.6. The van der Waals surface area contributed by atoms with Crippen molar-refractivity contribution in [3.63, 3.8) is 0 Å². The number of hydrogen-bond donors (Lipinski definition) is 0. The zero-order valence-electron chi connectivity index (χ0n) is 14.6. The third-order valence-corrected chi connectivity index (χ3v) is 4.73. The molecule has 0 radical (unpaired) electrons. The summed E-state index contributed by atoms with van der Waals surface area (Å²) in [6.07, 6.45) is 4.78. The van der Waals surface area contributed by atoms with Crippen LogP contribution < -0.4 is 0 Å². The zero-order chi connectivity index (χ0) is 16.1. The lowest BCUT2D eigenvalue weighted by Crippen LogP contribution is -2.59. The maximum Gasteiger partial charge on any atom is 0.282 e. The van der Waals surface area contributed by atoms with Gasteiger partial charge in [-0.1, -0.05) is 27.2 Å². The fourth-order valence-electron chi connectivity index (χ4n) is 3.01. The maximum atomic E-state index is 6.15. The summed E-state index contributed by atoms with van der Waals surface area (Å²) in [6, 6.07) is 0. The smallest absolute Gasteiger partial charge is 0.282 e. The molecule has 0 aromatic heterocycles. The minimum absolute atomic E-state index is 0.208. The highest BCUT2D eigenvalue weighted by molar-refractivity contribution is 4.88. The van der Waals surface area contributed by atoms with Gasteiger partial charge in [-0.2, -0.15) is 0 Å². The van der Waals surface area contributed by atoms with Crippen LogP contribution in [0.15, 0.2) is 0 Å². The summed E-state index contributed by atoms with van der Waals surface area (Å²) in [7, 11) is 0. The molecule has 0 aromatic carbocycles. The minimum atomic E-state index is -0.887. The molecule has 0 bridgehead atoms. The van der Waals surface area contributed by atoms with Gasteiger partial charge in [0.25, 0.3) is 5.97 Å². The van der Waals surface area contributed by atoms with E-state index in [1.165, 1.54) is 0 Å². The molecule has 2 rings (SSSR count). The topological polar surface area (TPSA) is 46.2 Å². The Labute approximate surface area is 134 Å². The standard InChI is InChI=1S/C17H32O5/c1-5-9-10-16(6-2)19-11-15(12-20-16)13-21-17(7-3,18-8-4)22-14-15/h5-14H2,1-4H3. The monoisotopic (exact) mass is 316 g/mol. The van der Waals surface area contributed by atoms with Crippen molar-refractivity contribution >= 4 is 0 Å². The molecule has 5 nitrogen and oxygen atoms in total. The van der Waals surface area contributed by atoms with Gasteiger partial charge in [0.05, 0.1) is 31.8 Å². The minimum Gasteiger partial charge on any atom is -0.349 e. The van der Waals surface area contributed by atoms with Crippen LogP contribution in [0.3, 0.4) is 0 Å². The molecule has 2 aliphatic heterocycles. The molecule has 2 fully saturated rings. The molecular formula is C17H32O5. The first-order valence-electron chi connectivity index (χ1n) is 8.77. The van der Waals surface area contributed by atoms with Crippen LogP contribution in [0.1, 0.15) is 59.8 Å². The summed E-state index contributed by atoms with van der Waals surface area (Å²) in [4.78, 5) is 0. The second-order valence-corrected chi connectivity index (χ2v) is 6.49. The van der Waals surface area contributed by atoms with Crippen LogP contribution in [0, 0.1) is 5.41 Å². The van der Waals surface area contributed by atoms with E-state index < -0.39 is 11.8 Å². The second-order valence-electron chi connectivity index (χ2n) is 6.49. The van der Waals surface area contributed by atoms with Crippen LogP contribution in [0.5, 0.6) is 0 Å². The Morgan fingerprint density at radius 2 is 1.41 bits per heavy atom. The van der Waals surface area contributed by atoms with Crippen LogP contribution in [0.4, 0.5) is 0 Å². The lowest BCUT2D eigenvalue weighted by Gasteiger charge is -2.50. The summed E-state index contributed by atoms with van der Waals surface area (Å²) in [5.41, 5.74) is -0.208. The maximum absolute atomic E-state index is 6.15. The molecule has 2 aliphatic rings. The van der Waals surface area contributed by atoms with Crippen LogP contribution >= 0.6 is 0 Å². The molecule has 0 aromatic rings. The van der Waals surface area contributed by atoms with E-state index in [0.717, 1.165) is 25.7 Å². The number of hydrogen-bond acceptors (Lipinski definition) is 5. The molecule has 0 N–H and O–H groups in total. The molecule has 0 atom stereocenters. The van der Waals surface area contributed by atoms with Crippen LogP contribution in [0.2, 0.25) is 0 Å². The van der Waals surface area contributed by atoms with Crippen molar-refractivity contribution in [1.82, 2.24) is 0 Å². The Hall–Kier alpha value is -0.200. The molecule has 22 heavy (non-hydrogen) atoms. The Bertz CT molecular complexity index is 326. The van der Waals surface area contributed by atoms with Crippen molar-refractivity contribution in [1.29, 1.82) is 0 Å². The van der Waals surface area contributed by atoms with E-state index in [4.69, 9.17) is 23.7 Å². The van der Waals surface area contributed by atoms with Gasteiger partial charge in [0.1, 0.15) is 0 Å². The number of rotatable bonds is 7. The highest BCUT2D eigenvalue weighted by atomic mass is 16.9. The molecule has 2 heterocycles. The highest BCUT2D eigenvalue weighted by Gasteiger charge is 2.50. The van der Waals surface area contributed by atoms with Gasteiger partial charge in [-0.25, -0.2) is 0 Å². The fourth-order valence-corrected chi connectivity index (χ4v) is 3.01. The quantitative estimate of drug-likeness (QED) is 0.720. The Morgan fingerprint density at radius 1 is 0.818 bits per heavy atom. The Balaban J connectivity index is 1.91. The summed E-state index contributed by atoms with van der Waals surface area (Å²) in [5.74, 6) is -1.30. The molecule has 1 spiro atoms. The van der Waals surface area contributed by atoms with Gasteiger partial charge in [-0.05, 0) is 19.8 Å². The molecule has 0 saturated carbocycles. The van der Waals surface area contributed by atoms with Gasteiger partial charge < -0.3 is 23.7 Å². The lowest BCUT2D eigenvalue weighted by molar-refractivity contribution is -0.438. The fraction of sp³-hybridized carbons (Fsp3) is 1.00. The molecule has 5 heteroatoms. The van der Waals surface area contributed by atoms with Gasteiger partial charge in [0, 0.05) is 19.4 Å². The number of unbranched alkanes of at least 4 members (excludes halogenated alkanes) is 1. The van der Waals surface area contributed by atoms with Gasteiger partial charge in [0.2, 0.25) is 0 Å². The number of ether oxygens (including phenoxy) is 5. The molecule has 2 saturated heterocycles. The molecule has 130 valence electrons. The summed E-state index contributed by atoms with van der Waals surface area (Å²) >= 11 is 0. The third kappa shape index (κ3) is 3.82. The van der Waals surface area contributed by atoms with Crippen molar-refractivity contribution in [2.45, 2.75) is 71.6 Å². The average molecular weight is 316 g/mol. The van der Waals surface area contributed by atoms with E-state index in [1.54, 1.807) is 0 Å². The largest absolute Gasteiger partial charge is 0.349 e. The van der Waals surface area contributed by atoms with Crippen molar-refractivity contribution in [2.24, 2.45) is 5.41 Å². The van der Waals surface area contributed by atoms with E-state index in [0.29, 0.717) is 39.5 Å². The molecule has 0 amide bonds. The average Bonchev–Trinajstić information content (AvgIpc) is 2.57. The van der Waals surface area contributed by atoms with E-state index in [2.05, 4.69) is 13.8 Å². The van der Waals surface area contributed by atoms with Crippen molar-refractivity contribution < 1.29 is 23.7 Å². The molecular weight excluding hydrogens is 284 g/mol. The van der Waals surface area contributed by atoms with Gasteiger partial charge >= 0.3 is 0 Å². The lowest BCUT2D eigenvalue weighted by atomic mass is 9.89. The van der Waals surface area contributed by atoms with Crippen LogP contribution in [-0.2, 0) is 23.7 Å². The van der Waals surface area contributed by atoms with E-state index >= 15 is 0 Å². The summed E-state index contributed by atoms with van der Waals surface area (Å²) in [6.45, 7) is 11.2. The summed E-state index contributed by atoms with van der Waals surface area (Å²) < 4.78 is 29.8.